The molecule has 120 valence electrons. The van der Waals surface area contributed by atoms with Crippen LogP contribution in [0.25, 0.3) is 22.8 Å². The van der Waals surface area contributed by atoms with Crippen molar-refractivity contribution in [2.24, 2.45) is 7.05 Å². The molecule has 7 nitrogen and oxygen atoms in total. The van der Waals surface area contributed by atoms with Crippen LogP contribution in [0.2, 0.25) is 0 Å². The van der Waals surface area contributed by atoms with Crippen LogP contribution in [0.4, 0.5) is 0 Å². The number of hydrogen-bond donors (Lipinski definition) is 0. The van der Waals surface area contributed by atoms with Crippen LogP contribution in [0.5, 0.6) is 0 Å². The van der Waals surface area contributed by atoms with E-state index >= 15 is 0 Å². The zero-order valence-corrected chi connectivity index (χ0v) is 14.3. The highest BCUT2D eigenvalue weighted by Crippen LogP contribution is 2.25. The maximum Gasteiger partial charge on any atom is 0.237 e. The Morgan fingerprint density at radius 2 is 2.04 bits per heavy atom. The Balaban J connectivity index is 1.48. The van der Waals surface area contributed by atoms with Gasteiger partial charge >= 0.3 is 0 Å². The first-order chi connectivity index (χ1) is 11.8. The van der Waals surface area contributed by atoms with Crippen molar-refractivity contribution < 1.29 is 4.52 Å². The van der Waals surface area contributed by atoms with Crippen molar-refractivity contribution in [3.05, 3.63) is 47.2 Å². The van der Waals surface area contributed by atoms with Crippen LogP contribution in [-0.4, -0.2) is 29.9 Å². The van der Waals surface area contributed by atoms with Crippen molar-refractivity contribution >= 4 is 23.1 Å². The molecule has 0 N–H and O–H groups in total. The Morgan fingerprint density at radius 1 is 1.17 bits per heavy atom. The molecule has 4 heterocycles. The number of pyridine rings is 1. The van der Waals surface area contributed by atoms with Crippen LogP contribution in [0.15, 0.2) is 51.0 Å². The summed E-state index contributed by atoms with van der Waals surface area (Å²) < 4.78 is 7.24. The number of rotatable bonds is 5. The monoisotopic (exact) mass is 356 g/mol. The fourth-order valence-corrected chi connectivity index (χ4v) is 3.52. The van der Waals surface area contributed by atoms with Gasteiger partial charge in [0.1, 0.15) is 0 Å². The lowest BCUT2D eigenvalue weighted by Gasteiger charge is -2.02. The number of thioether (sulfide) groups is 1. The summed E-state index contributed by atoms with van der Waals surface area (Å²) in [5, 5.41) is 17.2. The van der Waals surface area contributed by atoms with Crippen LogP contribution >= 0.6 is 23.1 Å². The van der Waals surface area contributed by atoms with Crippen molar-refractivity contribution in [1.29, 1.82) is 0 Å². The Hall–Kier alpha value is -2.52. The molecule has 0 atom stereocenters. The summed E-state index contributed by atoms with van der Waals surface area (Å²) in [6, 6.07) is 5.78. The molecule has 4 aromatic rings. The normalized spacial score (nSPS) is 11.0. The van der Waals surface area contributed by atoms with Gasteiger partial charge in [-0.1, -0.05) is 16.9 Å². The second kappa shape index (κ2) is 6.54. The summed E-state index contributed by atoms with van der Waals surface area (Å²) in [5.41, 5.74) is 1.95. The van der Waals surface area contributed by atoms with Crippen LogP contribution in [0.1, 0.15) is 5.89 Å². The highest BCUT2D eigenvalue weighted by molar-refractivity contribution is 7.98. The molecule has 0 aliphatic carbocycles. The van der Waals surface area contributed by atoms with E-state index in [1.165, 1.54) is 11.8 Å². The van der Waals surface area contributed by atoms with Gasteiger partial charge in [0.15, 0.2) is 11.0 Å². The molecule has 9 heteroatoms. The summed E-state index contributed by atoms with van der Waals surface area (Å²) in [4.78, 5) is 8.42. The lowest BCUT2D eigenvalue weighted by atomic mass is 10.2. The molecule has 4 rings (SSSR count). The minimum absolute atomic E-state index is 0.541. The molecule has 0 saturated carbocycles. The maximum absolute atomic E-state index is 5.30. The zero-order chi connectivity index (χ0) is 16.4. The highest BCUT2D eigenvalue weighted by Gasteiger charge is 2.14. The van der Waals surface area contributed by atoms with Crippen LogP contribution < -0.4 is 0 Å². The van der Waals surface area contributed by atoms with E-state index in [0.29, 0.717) is 17.5 Å². The molecule has 0 saturated heterocycles. The fraction of sp³-hybridized carbons (Fsp3) is 0.133. The van der Waals surface area contributed by atoms with E-state index in [0.717, 1.165) is 22.1 Å². The Kier molecular flexibility index (Phi) is 4.09. The van der Waals surface area contributed by atoms with Gasteiger partial charge < -0.3 is 9.09 Å². The summed E-state index contributed by atoms with van der Waals surface area (Å²) in [7, 11) is 1.93. The molecule has 4 aromatic heterocycles. The smallest absolute Gasteiger partial charge is 0.237 e. The minimum atomic E-state index is 0.541. The first-order valence-electron chi connectivity index (χ1n) is 7.09. The number of thiophene rings is 1. The SMILES string of the molecule is Cn1c(SCc2nc(-c3ccsc3)no2)nnc1-c1ccncc1. The maximum atomic E-state index is 5.30. The van der Waals surface area contributed by atoms with E-state index in [1.54, 1.807) is 23.7 Å². The van der Waals surface area contributed by atoms with Gasteiger partial charge in [-0.15, -0.1) is 10.2 Å². The lowest BCUT2D eigenvalue weighted by molar-refractivity contribution is 0.391. The van der Waals surface area contributed by atoms with Crippen LogP contribution in [0, 0.1) is 0 Å². The van der Waals surface area contributed by atoms with Crippen LogP contribution in [-0.2, 0) is 12.8 Å². The largest absolute Gasteiger partial charge is 0.338 e. The minimum Gasteiger partial charge on any atom is -0.338 e. The van der Waals surface area contributed by atoms with E-state index in [-0.39, 0.29) is 0 Å². The van der Waals surface area contributed by atoms with Crippen molar-refractivity contribution in [3.8, 4) is 22.8 Å². The number of hydrogen-bond acceptors (Lipinski definition) is 8. The zero-order valence-electron chi connectivity index (χ0n) is 12.7. The fourth-order valence-electron chi connectivity index (χ4n) is 2.14. The highest BCUT2D eigenvalue weighted by atomic mass is 32.2. The third-order valence-corrected chi connectivity index (χ3v) is 5.03. The molecule has 0 aliphatic heterocycles. The summed E-state index contributed by atoms with van der Waals surface area (Å²) >= 11 is 3.11. The van der Waals surface area contributed by atoms with Gasteiger partial charge in [0.2, 0.25) is 11.7 Å². The number of aromatic nitrogens is 6. The molecule has 0 amide bonds. The van der Waals surface area contributed by atoms with Gasteiger partial charge in [-0.2, -0.15) is 16.3 Å². The molecule has 0 aliphatic rings. The second-order valence-corrected chi connectivity index (χ2v) is 6.64. The van der Waals surface area contributed by atoms with E-state index in [2.05, 4.69) is 25.3 Å². The van der Waals surface area contributed by atoms with E-state index < -0.39 is 0 Å². The van der Waals surface area contributed by atoms with Crippen molar-refractivity contribution in [3.63, 3.8) is 0 Å². The average Bonchev–Trinajstić information content (AvgIpc) is 3.35. The summed E-state index contributed by atoms with van der Waals surface area (Å²) in [6.45, 7) is 0. The quantitative estimate of drug-likeness (QED) is 0.507. The molecular formula is C15H12N6OS2. The predicted molar refractivity (Wildman–Crippen MR) is 91.4 cm³/mol. The number of nitrogens with zero attached hydrogens (tertiary/aromatic N) is 6. The van der Waals surface area contributed by atoms with Crippen molar-refractivity contribution in [1.82, 2.24) is 29.9 Å². The lowest BCUT2D eigenvalue weighted by Crippen LogP contribution is -1.95. The standard InChI is InChI=1S/C15H12N6OS2/c1-21-14(10-2-5-16-6-3-10)18-19-15(21)24-9-12-17-13(20-22-12)11-4-7-23-8-11/h2-8H,9H2,1H3. The van der Waals surface area contributed by atoms with Gasteiger partial charge in [-0.3, -0.25) is 4.98 Å². The van der Waals surface area contributed by atoms with E-state index in [1.807, 2.05) is 40.6 Å². The first-order valence-corrected chi connectivity index (χ1v) is 9.02. The Bertz CT molecular complexity index is 932. The summed E-state index contributed by atoms with van der Waals surface area (Å²) in [5.74, 6) is 2.51. The Morgan fingerprint density at radius 3 is 2.83 bits per heavy atom. The second-order valence-electron chi connectivity index (χ2n) is 4.91. The summed E-state index contributed by atoms with van der Waals surface area (Å²) in [6.07, 6.45) is 3.47. The average molecular weight is 356 g/mol. The van der Waals surface area contributed by atoms with E-state index in [4.69, 9.17) is 4.52 Å². The van der Waals surface area contributed by atoms with Gasteiger partial charge in [0.05, 0.1) is 5.75 Å². The molecule has 0 fully saturated rings. The van der Waals surface area contributed by atoms with Crippen molar-refractivity contribution in [2.45, 2.75) is 10.9 Å². The molecule has 0 spiro atoms. The third kappa shape index (κ3) is 2.95. The van der Waals surface area contributed by atoms with Gasteiger partial charge in [0.25, 0.3) is 0 Å². The van der Waals surface area contributed by atoms with Gasteiger partial charge in [-0.05, 0) is 23.6 Å². The molecule has 0 unspecified atom stereocenters. The molecule has 0 bridgehead atoms. The van der Waals surface area contributed by atoms with Crippen LogP contribution in [0.3, 0.4) is 0 Å². The Labute approximate surface area is 145 Å². The molecule has 24 heavy (non-hydrogen) atoms. The third-order valence-electron chi connectivity index (χ3n) is 3.35. The van der Waals surface area contributed by atoms with Crippen molar-refractivity contribution in [2.75, 3.05) is 0 Å². The molecular weight excluding hydrogens is 344 g/mol. The predicted octanol–water partition coefficient (Wildman–Crippen LogP) is 3.28. The van der Waals surface area contributed by atoms with Gasteiger partial charge in [0, 0.05) is 35.9 Å². The molecule has 0 aromatic carbocycles. The first kappa shape index (κ1) is 15.0. The van der Waals surface area contributed by atoms with Gasteiger partial charge in [-0.25, -0.2) is 0 Å². The van der Waals surface area contributed by atoms with E-state index in [9.17, 15) is 0 Å². The topological polar surface area (TPSA) is 82.5 Å². The molecule has 0 radical (unpaired) electrons.